The van der Waals surface area contributed by atoms with E-state index in [0.29, 0.717) is 5.90 Å². The van der Waals surface area contributed by atoms with Gasteiger partial charge in [0, 0.05) is 6.92 Å². The van der Waals surface area contributed by atoms with Crippen LogP contribution in [0.3, 0.4) is 0 Å². The van der Waals surface area contributed by atoms with Crippen LogP contribution in [0, 0.1) is 0 Å². The third-order valence-electron chi connectivity index (χ3n) is 2.85. The summed E-state index contributed by atoms with van der Waals surface area (Å²) in [6, 6.07) is -0.710. The van der Waals surface area contributed by atoms with E-state index in [-0.39, 0.29) is 6.61 Å². The molecule has 1 fully saturated rings. The number of aliphatic hydroxyl groups excluding tert-OH is 3. The van der Waals surface area contributed by atoms with Gasteiger partial charge in [-0.1, -0.05) is 0 Å². The number of aliphatic hydroxyl groups is 3. The third-order valence-corrected chi connectivity index (χ3v) is 2.85. The average molecular weight is 249 g/mol. The van der Waals surface area contributed by atoms with Gasteiger partial charge in [0.1, 0.15) is 18.3 Å². The maximum atomic E-state index is 9.96. The summed E-state index contributed by atoms with van der Waals surface area (Å²) in [6.07, 6.45) is -3.90. The number of hydrogen-bond donors (Lipinski definition) is 4. The number of nitrogens with zero attached hydrogens (tertiary/aromatic N) is 1. The van der Waals surface area contributed by atoms with Crippen molar-refractivity contribution >= 4 is 5.90 Å². The lowest BCUT2D eigenvalue weighted by Gasteiger charge is -2.38. The molecule has 0 spiro atoms. The predicted molar refractivity (Wildman–Crippen MR) is 55.9 cm³/mol. The van der Waals surface area contributed by atoms with Crippen molar-refractivity contribution in [1.82, 2.24) is 5.64 Å². The first-order valence-corrected chi connectivity index (χ1v) is 5.28. The molecule has 0 saturated carbocycles. The lowest BCUT2D eigenvalue weighted by molar-refractivity contribution is -0.399. The molecule has 2 heterocycles. The van der Waals surface area contributed by atoms with Crippen molar-refractivity contribution in [2.45, 2.75) is 37.6 Å². The zero-order chi connectivity index (χ0) is 12.6. The Morgan fingerprint density at radius 2 is 2.12 bits per heavy atom. The molecule has 0 aromatic heterocycles. The Morgan fingerprint density at radius 1 is 1.41 bits per heavy atom. The Kier molecular flexibility index (Phi) is 3.61. The third kappa shape index (κ3) is 2.28. The largest absolute Gasteiger partial charge is 0.394 e. The Hall–Kier alpha value is -0.770. The van der Waals surface area contributed by atoms with Crippen LogP contribution in [-0.2, 0) is 14.0 Å². The van der Waals surface area contributed by atoms with Crippen LogP contribution in [0.4, 0.5) is 0 Å². The van der Waals surface area contributed by atoms with Crippen LogP contribution in [-0.4, -0.2) is 65.6 Å². The number of rotatable bonds is 1. The summed E-state index contributed by atoms with van der Waals surface area (Å²) in [5.41, 5.74) is 2.49. The first-order valence-electron chi connectivity index (χ1n) is 5.28. The monoisotopic (exact) mass is 249 g/mol. The minimum Gasteiger partial charge on any atom is -0.394 e. The van der Waals surface area contributed by atoms with Gasteiger partial charge in [-0.2, -0.15) is 0 Å². The fraction of sp³-hybridized carbons (Fsp3) is 0.889. The number of hydrogen-bond acceptors (Lipinski definition) is 7. The number of fused-ring (bicyclic) bond motifs is 1. The molecular formula is C9H17N2O6+. The van der Waals surface area contributed by atoms with Crippen molar-refractivity contribution in [2.24, 2.45) is 4.99 Å². The molecule has 17 heavy (non-hydrogen) atoms. The van der Waals surface area contributed by atoms with Crippen LogP contribution in [0.25, 0.3) is 0 Å². The van der Waals surface area contributed by atoms with Crippen LogP contribution in [0.5, 0.6) is 0 Å². The van der Waals surface area contributed by atoms with E-state index in [1.165, 1.54) is 0 Å². The second-order valence-electron chi connectivity index (χ2n) is 4.09. The Balaban J connectivity index is 2.25. The van der Waals surface area contributed by atoms with Gasteiger partial charge in [-0.25, -0.2) is 4.99 Å². The van der Waals surface area contributed by atoms with Crippen molar-refractivity contribution in [1.29, 1.82) is 0 Å². The fourth-order valence-corrected chi connectivity index (χ4v) is 1.91. The van der Waals surface area contributed by atoms with E-state index in [1.54, 1.807) is 14.0 Å². The van der Waals surface area contributed by atoms with E-state index < -0.39 is 30.6 Å². The molecule has 98 valence electrons. The SMILES string of the molecule is CC1=N[C@@H]2[C@@H](O)[C@H](O)[C@@H](CO)O[C@@H]2[O+](C)NO1. The standard InChI is InChI=1S/C9H17N2O6/c1-4-10-6-8(14)7(13)5(3-12)15-9(6)17(2)11-16-4/h5-9,11-14H,3H2,1-2H3/q+1/t5-,6-,7-,8-,9-/m1/s1. The smallest absolute Gasteiger partial charge is 0.316 e. The Bertz CT molecular complexity index is 312. The van der Waals surface area contributed by atoms with Gasteiger partial charge in [-0.15, -0.1) is 0 Å². The van der Waals surface area contributed by atoms with Gasteiger partial charge in [0.25, 0.3) is 0 Å². The molecule has 2 aliphatic heterocycles. The van der Waals surface area contributed by atoms with E-state index in [2.05, 4.69) is 15.1 Å². The quantitative estimate of drug-likeness (QED) is 0.395. The summed E-state index contributed by atoms with van der Waals surface area (Å²) in [6.45, 7) is 1.22. The Morgan fingerprint density at radius 3 is 2.76 bits per heavy atom. The first kappa shape index (κ1) is 12.7. The van der Waals surface area contributed by atoms with Gasteiger partial charge in [0.2, 0.25) is 5.90 Å². The number of nitrogens with one attached hydrogen (secondary N) is 1. The topological polar surface area (TPSA) is 106 Å². The Labute approximate surface area is 98.0 Å². The van der Waals surface area contributed by atoms with Gasteiger partial charge in [-0.3, -0.25) is 4.47 Å². The molecule has 2 rings (SSSR count). The fourth-order valence-electron chi connectivity index (χ4n) is 1.91. The zero-order valence-corrected chi connectivity index (χ0v) is 9.61. The molecule has 8 nitrogen and oxygen atoms in total. The highest BCUT2D eigenvalue weighted by Crippen LogP contribution is 2.27. The highest BCUT2D eigenvalue weighted by molar-refractivity contribution is 5.73. The highest BCUT2D eigenvalue weighted by Gasteiger charge is 2.51. The summed E-state index contributed by atoms with van der Waals surface area (Å²) < 4.78 is 7.78. The molecule has 0 amide bonds. The molecule has 0 aliphatic carbocycles. The molecule has 5 atom stereocenters. The second-order valence-corrected chi connectivity index (χ2v) is 4.09. The molecule has 0 unspecified atom stereocenters. The van der Waals surface area contributed by atoms with Crippen LogP contribution < -0.4 is 5.64 Å². The molecule has 0 aromatic carbocycles. The lowest BCUT2D eigenvalue weighted by atomic mass is 9.97. The zero-order valence-electron chi connectivity index (χ0n) is 9.61. The van der Waals surface area contributed by atoms with Crippen molar-refractivity contribution in [2.75, 3.05) is 13.7 Å². The lowest BCUT2D eigenvalue weighted by Crippen LogP contribution is -2.60. The van der Waals surface area contributed by atoms with Crippen LogP contribution in [0.2, 0.25) is 0 Å². The van der Waals surface area contributed by atoms with Gasteiger partial charge in [0.05, 0.1) is 12.3 Å². The molecule has 4 N–H and O–H groups in total. The maximum absolute atomic E-state index is 9.96. The highest BCUT2D eigenvalue weighted by atomic mass is 17.0. The van der Waals surface area contributed by atoms with Crippen molar-refractivity contribution in [3.63, 3.8) is 0 Å². The summed E-state index contributed by atoms with van der Waals surface area (Å²) in [5.74, 6) is 0.314. The molecule has 0 bridgehead atoms. The van der Waals surface area contributed by atoms with Crippen molar-refractivity contribution in [3.05, 3.63) is 0 Å². The van der Waals surface area contributed by atoms with E-state index in [4.69, 9.17) is 14.7 Å². The van der Waals surface area contributed by atoms with Crippen LogP contribution in [0.15, 0.2) is 4.99 Å². The minimum absolute atomic E-state index is 0.314. The molecule has 0 aromatic rings. The maximum Gasteiger partial charge on any atom is 0.316 e. The van der Waals surface area contributed by atoms with Gasteiger partial charge >= 0.3 is 6.29 Å². The molecule has 1 saturated heterocycles. The summed E-state index contributed by atoms with van der Waals surface area (Å²) >= 11 is 0. The second kappa shape index (κ2) is 4.84. The van der Waals surface area contributed by atoms with E-state index in [1.807, 2.05) is 0 Å². The first-order chi connectivity index (χ1) is 8.04. The normalized spacial score (nSPS) is 43.4. The van der Waals surface area contributed by atoms with E-state index >= 15 is 0 Å². The summed E-state index contributed by atoms with van der Waals surface area (Å²) in [4.78, 5) is 9.11. The molecule has 0 radical (unpaired) electrons. The average Bonchev–Trinajstić information content (AvgIpc) is 2.45. The van der Waals surface area contributed by atoms with Crippen molar-refractivity contribution in [3.8, 4) is 0 Å². The number of ether oxygens (including phenoxy) is 1. The van der Waals surface area contributed by atoms with Crippen molar-refractivity contribution < 1.29 is 29.4 Å². The van der Waals surface area contributed by atoms with Gasteiger partial charge in [0.15, 0.2) is 13.2 Å². The number of aliphatic imine (C=N–C) groups is 1. The van der Waals surface area contributed by atoms with Gasteiger partial charge < -0.3 is 24.9 Å². The minimum atomic E-state index is -1.19. The van der Waals surface area contributed by atoms with Crippen LogP contribution in [0.1, 0.15) is 6.92 Å². The van der Waals surface area contributed by atoms with E-state index in [0.717, 1.165) is 0 Å². The summed E-state index contributed by atoms with van der Waals surface area (Å²) in [7, 11) is 1.57. The predicted octanol–water partition coefficient (Wildman–Crippen LogP) is -2.16. The molecule has 8 heteroatoms. The van der Waals surface area contributed by atoms with Gasteiger partial charge in [-0.05, 0) is 0 Å². The molecular weight excluding hydrogens is 232 g/mol. The molecule has 2 aliphatic rings. The van der Waals surface area contributed by atoms with E-state index in [9.17, 15) is 10.2 Å². The summed E-state index contributed by atoms with van der Waals surface area (Å²) in [5, 5.41) is 28.8. The van der Waals surface area contributed by atoms with Crippen LogP contribution >= 0.6 is 0 Å².